The van der Waals surface area contributed by atoms with Crippen LogP contribution in [0.1, 0.15) is 32.8 Å². The number of hydrogen-bond acceptors (Lipinski definition) is 4. The van der Waals surface area contributed by atoms with Crippen molar-refractivity contribution in [1.29, 1.82) is 0 Å². The van der Waals surface area contributed by atoms with Crippen molar-refractivity contribution in [3.63, 3.8) is 0 Å². The van der Waals surface area contributed by atoms with E-state index >= 15 is 0 Å². The maximum Gasteiger partial charge on any atom is 0.417 e. The summed E-state index contributed by atoms with van der Waals surface area (Å²) in [6.07, 6.45) is 0.708. The zero-order valence-corrected chi connectivity index (χ0v) is 16.7. The molecule has 3 rings (SSSR count). The third-order valence-electron chi connectivity index (χ3n) is 4.64. The smallest absolute Gasteiger partial charge is 0.417 e. The van der Waals surface area contributed by atoms with Gasteiger partial charge in [-0.25, -0.2) is 14.1 Å². The van der Waals surface area contributed by atoms with Crippen molar-refractivity contribution in [2.75, 3.05) is 0 Å². The van der Waals surface area contributed by atoms with Gasteiger partial charge in [0.05, 0.1) is 17.9 Å². The third-order valence-corrected chi connectivity index (χ3v) is 4.64. The average molecular weight is 397 g/mol. The van der Waals surface area contributed by atoms with Gasteiger partial charge in [0.25, 0.3) is 5.91 Å². The van der Waals surface area contributed by atoms with Crippen molar-refractivity contribution in [1.82, 2.24) is 4.90 Å². The van der Waals surface area contributed by atoms with E-state index in [0.717, 1.165) is 27.9 Å². The second-order valence-corrected chi connectivity index (χ2v) is 8.08. The molecule has 0 radical (unpaired) electrons. The largest absolute Gasteiger partial charge is 0.515 e. The number of benzene rings is 2. The summed E-state index contributed by atoms with van der Waals surface area (Å²) in [5.74, 6) is -0.838. The number of amides is 2. The van der Waals surface area contributed by atoms with Gasteiger partial charge in [0, 0.05) is 6.42 Å². The monoisotopic (exact) mass is 397 g/mol. The van der Waals surface area contributed by atoms with E-state index in [0.29, 0.717) is 6.42 Å². The molecule has 2 aromatic carbocycles. The number of aliphatic hydroxyl groups excluding tert-OH is 1. The van der Waals surface area contributed by atoms with E-state index in [-0.39, 0.29) is 17.8 Å². The molecule has 5 nitrogen and oxygen atoms in total. The minimum atomic E-state index is -0.736. The molecular formula is C23H24FNO4. The van der Waals surface area contributed by atoms with Crippen LogP contribution >= 0.6 is 0 Å². The standard InChI is InChI=1S/C23H24FNO4/c1-23(2,3)29-22(28)25-20(13-18(14-26)21(25)27)11-15-7-9-16(10-8-15)17-5-4-6-19(24)12-17/h4-10,12,14,20,26H,11,13H2,1-3H3/b18-14+/t20-/m1/s1. The maximum atomic E-state index is 13.4. The van der Waals surface area contributed by atoms with Crippen molar-refractivity contribution >= 4 is 12.0 Å². The lowest BCUT2D eigenvalue weighted by Crippen LogP contribution is -2.43. The SMILES string of the molecule is CC(C)(C)OC(=O)N1C(=O)/C(=C/O)C[C@H]1Cc1ccc(-c2cccc(F)c2)cc1. The van der Waals surface area contributed by atoms with Crippen LogP contribution in [0.25, 0.3) is 11.1 Å². The molecule has 6 heteroatoms. The van der Waals surface area contributed by atoms with E-state index in [1.807, 2.05) is 30.3 Å². The average Bonchev–Trinajstić information content (AvgIpc) is 2.96. The molecule has 1 fully saturated rings. The fourth-order valence-electron chi connectivity index (χ4n) is 3.34. The minimum Gasteiger partial charge on any atom is -0.515 e. The zero-order valence-electron chi connectivity index (χ0n) is 16.7. The molecule has 0 bridgehead atoms. The fourth-order valence-corrected chi connectivity index (χ4v) is 3.34. The Hall–Kier alpha value is -3.15. The Kier molecular flexibility index (Phi) is 5.73. The van der Waals surface area contributed by atoms with Crippen LogP contribution < -0.4 is 0 Å². The predicted molar refractivity (Wildman–Crippen MR) is 108 cm³/mol. The van der Waals surface area contributed by atoms with E-state index in [4.69, 9.17) is 4.74 Å². The summed E-state index contributed by atoms with van der Waals surface area (Å²) in [6, 6.07) is 13.4. The first kappa shape index (κ1) is 20.6. The Morgan fingerprint density at radius 2 is 1.90 bits per heavy atom. The van der Waals surface area contributed by atoms with E-state index in [9.17, 15) is 19.1 Å². The van der Waals surface area contributed by atoms with Crippen molar-refractivity contribution in [3.8, 4) is 11.1 Å². The summed E-state index contributed by atoms with van der Waals surface area (Å²) in [6.45, 7) is 5.19. The topological polar surface area (TPSA) is 66.8 Å². The molecule has 152 valence electrons. The van der Waals surface area contributed by atoms with Gasteiger partial charge in [-0.1, -0.05) is 36.4 Å². The molecule has 0 aliphatic carbocycles. The molecule has 0 aromatic heterocycles. The van der Waals surface area contributed by atoms with Crippen LogP contribution in [0, 0.1) is 5.82 Å². The number of aliphatic hydroxyl groups is 1. The molecular weight excluding hydrogens is 373 g/mol. The summed E-state index contributed by atoms with van der Waals surface area (Å²) in [7, 11) is 0. The Bertz CT molecular complexity index is 944. The number of halogens is 1. The van der Waals surface area contributed by atoms with Gasteiger partial charge in [-0.3, -0.25) is 4.79 Å². The highest BCUT2D eigenvalue weighted by atomic mass is 19.1. The molecule has 1 atom stereocenters. The number of likely N-dealkylation sites (tertiary alicyclic amines) is 1. The van der Waals surface area contributed by atoms with Crippen LogP contribution in [0.3, 0.4) is 0 Å². The molecule has 1 saturated heterocycles. The molecule has 2 amide bonds. The second-order valence-electron chi connectivity index (χ2n) is 8.08. The van der Waals surface area contributed by atoms with Crippen LogP contribution in [0.4, 0.5) is 9.18 Å². The number of hydrogen-bond donors (Lipinski definition) is 1. The van der Waals surface area contributed by atoms with Gasteiger partial charge >= 0.3 is 6.09 Å². The van der Waals surface area contributed by atoms with Gasteiger partial charge in [0.2, 0.25) is 0 Å². The number of imide groups is 1. The van der Waals surface area contributed by atoms with Crippen molar-refractivity contribution in [2.45, 2.75) is 45.3 Å². The summed E-state index contributed by atoms with van der Waals surface area (Å²) in [5, 5.41) is 9.34. The number of nitrogens with zero attached hydrogens (tertiary/aromatic N) is 1. The quantitative estimate of drug-likeness (QED) is 0.584. The highest BCUT2D eigenvalue weighted by Gasteiger charge is 2.41. The zero-order chi connectivity index (χ0) is 21.2. The lowest BCUT2D eigenvalue weighted by Gasteiger charge is -2.27. The molecule has 1 N–H and O–H groups in total. The van der Waals surface area contributed by atoms with Gasteiger partial charge in [0.1, 0.15) is 11.4 Å². The summed E-state index contributed by atoms with van der Waals surface area (Å²) in [5.41, 5.74) is 2.00. The maximum absolute atomic E-state index is 13.4. The molecule has 1 aliphatic heterocycles. The van der Waals surface area contributed by atoms with Gasteiger partial charge in [0.15, 0.2) is 0 Å². The van der Waals surface area contributed by atoms with Gasteiger partial charge in [-0.05, 0) is 56.0 Å². The number of carbonyl (C=O) groups excluding carboxylic acids is 2. The first-order valence-corrected chi connectivity index (χ1v) is 9.42. The Morgan fingerprint density at radius 1 is 1.21 bits per heavy atom. The lowest BCUT2D eigenvalue weighted by molar-refractivity contribution is -0.125. The van der Waals surface area contributed by atoms with Crippen molar-refractivity contribution < 1.29 is 23.8 Å². The van der Waals surface area contributed by atoms with Gasteiger partial charge < -0.3 is 9.84 Å². The second kappa shape index (κ2) is 8.07. The fraction of sp³-hybridized carbons (Fsp3) is 0.304. The van der Waals surface area contributed by atoms with E-state index in [1.54, 1.807) is 26.8 Å². The molecule has 29 heavy (non-hydrogen) atoms. The van der Waals surface area contributed by atoms with Crippen LogP contribution in [0.2, 0.25) is 0 Å². The first-order valence-electron chi connectivity index (χ1n) is 9.42. The lowest BCUT2D eigenvalue weighted by atomic mass is 9.99. The Labute approximate surface area is 169 Å². The Balaban J connectivity index is 1.79. The molecule has 1 aliphatic rings. The molecule has 0 spiro atoms. The molecule has 1 heterocycles. The van der Waals surface area contributed by atoms with Crippen LogP contribution in [-0.2, 0) is 16.0 Å². The van der Waals surface area contributed by atoms with E-state index in [2.05, 4.69) is 0 Å². The van der Waals surface area contributed by atoms with Crippen molar-refractivity contribution in [2.24, 2.45) is 0 Å². The van der Waals surface area contributed by atoms with Crippen molar-refractivity contribution in [3.05, 3.63) is 71.7 Å². The summed E-state index contributed by atoms with van der Waals surface area (Å²) in [4.78, 5) is 26.1. The molecule has 0 saturated carbocycles. The highest BCUT2D eigenvalue weighted by molar-refractivity contribution is 6.05. The summed E-state index contributed by atoms with van der Waals surface area (Å²) < 4.78 is 18.8. The Morgan fingerprint density at radius 3 is 2.48 bits per heavy atom. The van der Waals surface area contributed by atoms with Crippen LogP contribution in [-0.4, -0.2) is 33.6 Å². The van der Waals surface area contributed by atoms with Crippen LogP contribution in [0.15, 0.2) is 60.4 Å². The first-order chi connectivity index (χ1) is 13.7. The van der Waals surface area contributed by atoms with Gasteiger partial charge in [-0.15, -0.1) is 0 Å². The van der Waals surface area contributed by atoms with Gasteiger partial charge in [-0.2, -0.15) is 0 Å². The predicted octanol–water partition coefficient (Wildman–Crippen LogP) is 5.01. The van der Waals surface area contributed by atoms with Crippen LogP contribution in [0.5, 0.6) is 0 Å². The molecule has 2 aromatic rings. The molecule has 0 unspecified atom stereocenters. The highest BCUT2D eigenvalue weighted by Crippen LogP contribution is 2.29. The minimum absolute atomic E-state index is 0.178. The number of carbonyl (C=O) groups is 2. The normalized spacial score (nSPS) is 18.3. The van der Waals surface area contributed by atoms with E-state index < -0.39 is 23.6 Å². The number of rotatable bonds is 3. The van der Waals surface area contributed by atoms with E-state index in [1.165, 1.54) is 12.1 Å². The number of ether oxygens (including phenoxy) is 1. The third kappa shape index (κ3) is 4.83. The summed E-state index contributed by atoms with van der Waals surface area (Å²) >= 11 is 0.